The molecule has 0 unspecified atom stereocenters. The first kappa shape index (κ1) is 14.6. The van der Waals surface area contributed by atoms with Crippen molar-refractivity contribution in [3.8, 4) is 0 Å². The molecule has 3 N–H and O–H groups in total. The highest BCUT2D eigenvalue weighted by atomic mass is 79.9. The van der Waals surface area contributed by atoms with Crippen LogP contribution in [0.5, 0.6) is 0 Å². The van der Waals surface area contributed by atoms with Crippen LogP contribution in [-0.2, 0) is 9.59 Å². The maximum atomic E-state index is 12.1. The topological polar surface area (TPSA) is 70.2 Å². The molecule has 5 nitrogen and oxygen atoms in total. The third kappa shape index (κ3) is 3.28. The minimum Gasteiger partial charge on any atom is -0.372 e. The monoisotopic (exact) mass is 359 g/mol. The summed E-state index contributed by atoms with van der Waals surface area (Å²) >= 11 is 3.35. The van der Waals surface area contributed by atoms with Crippen LogP contribution in [0.3, 0.4) is 0 Å². The van der Waals surface area contributed by atoms with Crippen LogP contribution in [0.15, 0.2) is 53.0 Å². The Morgan fingerprint density at radius 2 is 1.91 bits per heavy atom. The van der Waals surface area contributed by atoms with Gasteiger partial charge in [-0.3, -0.25) is 9.59 Å². The number of amides is 2. The van der Waals surface area contributed by atoms with Crippen molar-refractivity contribution in [2.45, 2.75) is 12.5 Å². The number of fused-ring (bicyclic) bond motifs is 1. The summed E-state index contributed by atoms with van der Waals surface area (Å²) in [6, 6.07) is 14.1. The van der Waals surface area contributed by atoms with E-state index in [1.807, 2.05) is 42.5 Å². The first-order valence-corrected chi connectivity index (χ1v) is 7.63. The number of para-hydroxylation sites is 2. The number of benzene rings is 2. The van der Waals surface area contributed by atoms with Gasteiger partial charge in [-0.05, 0) is 30.3 Å². The summed E-state index contributed by atoms with van der Waals surface area (Å²) in [7, 11) is 0. The van der Waals surface area contributed by atoms with Gasteiger partial charge in [0.25, 0.3) is 0 Å². The number of hydrogen-bond donors (Lipinski definition) is 3. The molecule has 3 rings (SSSR count). The van der Waals surface area contributed by atoms with Crippen molar-refractivity contribution in [3.63, 3.8) is 0 Å². The van der Waals surface area contributed by atoms with Crippen LogP contribution >= 0.6 is 15.9 Å². The largest absolute Gasteiger partial charge is 0.372 e. The molecule has 0 aromatic heterocycles. The fraction of sp³-hybridized carbons (Fsp3) is 0.125. The molecule has 2 aromatic carbocycles. The minimum absolute atomic E-state index is 0.0622. The molecule has 6 heteroatoms. The lowest BCUT2D eigenvalue weighted by Crippen LogP contribution is -2.41. The van der Waals surface area contributed by atoms with Crippen molar-refractivity contribution < 1.29 is 9.59 Å². The lowest BCUT2D eigenvalue weighted by Gasteiger charge is -2.26. The molecule has 0 saturated carbocycles. The summed E-state index contributed by atoms with van der Waals surface area (Å²) in [6.07, 6.45) is 0.0622. The zero-order chi connectivity index (χ0) is 15.5. The predicted octanol–water partition coefficient (Wildman–Crippen LogP) is 3.21. The summed E-state index contributed by atoms with van der Waals surface area (Å²) in [4.78, 5) is 24.1. The lowest BCUT2D eigenvalue weighted by atomic mass is 10.1. The van der Waals surface area contributed by atoms with E-state index in [0.717, 1.165) is 15.8 Å². The van der Waals surface area contributed by atoms with E-state index in [1.54, 1.807) is 6.07 Å². The number of carbonyl (C=O) groups excluding carboxylic acids is 2. The maximum Gasteiger partial charge on any atom is 0.247 e. The van der Waals surface area contributed by atoms with Crippen molar-refractivity contribution >= 4 is 44.8 Å². The van der Waals surface area contributed by atoms with E-state index in [-0.39, 0.29) is 18.2 Å². The van der Waals surface area contributed by atoms with Gasteiger partial charge in [-0.15, -0.1) is 0 Å². The first-order valence-electron chi connectivity index (χ1n) is 6.84. The molecule has 2 aromatic rings. The number of rotatable bonds is 3. The van der Waals surface area contributed by atoms with Crippen LogP contribution in [0.25, 0.3) is 0 Å². The quantitative estimate of drug-likeness (QED) is 0.787. The smallest absolute Gasteiger partial charge is 0.247 e. The van der Waals surface area contributed by atoms with Gasteiger partial charge in [0.15, 0.2) is 0 Å². The number of hydrogen-bond acceptors (Lipinski definition) is 3. The zero-order valence-corrected chi connectivity index (χ0v) is 13.2. The number of nitrogens with one attached hydrogen (secondary N) is 3. The second kappa shape index (κ2) is 6.19. The summed E-state index contributed by atoms with van der Waals surface area (Å²) in [5.41, 5.74) is 2.24. The van der Waals surface area contributed by atoms with Gasteiger partial charge in [0, 0.05) is 10.2 Å². The minimum atomic E-state index is -0.581. The summed E-state index contributed by atoms with van der Waals surface area (Å²) in [5, 5.41) is 8.68. The number of halogens is 1. The number of anilines is 3. The van der Waals surface area contributed by atoms with E-state index in [9.17, 15) is 9.59 Å². The first-order chi connectivity index (χ1) is 10.6. The van der Waals surface area contributed by atoms with Gasteiger partial charge in [0.1, 0.15) is 6.04 Å². The SMILES string of the molecule is O=C(C[C@H]1Nc2ccccc2NC1=O)Nc1cccc(Br)c1. The molecule has 2 amide bonds. The molecular formula is C16H14BrN3O2. The Morgan fingerprint density at radius 1 is 1.14 bits per heavy atom. The lowest BCUT2D eigenvalue weighted by molar-refractivity contribution is -0.122. The predicted molar refractivity (Wildman–Crippen MR) is 89.9 cm³/mol. The second-order valence-corrected chi connectivity index (χ2v) is 5.91. The molecule has 1 atom stereocenters. The van der Waals surface area contributed by atoms with Crippen molar-refractivity contribution in [3.05, 3.63) is 53.0 Å². The van der Waals surface area contributed by atoms with Gasteiger partial charge in [0.05, 0.1) is 17.8 Å². The van der Waals surface area contributed by atoms with Crippen molar-refractivity contribution in [2.24, 2.45) is 0 Å². The van der Waals surface area contributed by atoms with Crippen LogP contribution < -0.4 is 16.0 Å². The Bertz CT molecular complexity index is 733. The summed E-state index contributed by atoms with van der Waals surface area (Å²) in [6.45, 7) is 0. The molecule has 0 radical (unpaired) electrons. The summed E-state index contributed by atoms with van der Waals surface area (Å²) < 4.78 is 0.882. The molecule has 0 fully saturated rings. The van der Waals surface area contributed by atoms with E-state index in [1.165, 1.54) is 0 Å². The van der Waals surface area contributed by atoms with Crippen LogP contribution in [0.1, 0.15) is 6.42 Å². The van der Waals surface area contributed by atoms with Crippen molar-refractivity contribution in [2.75, 3.05) is 16.0 Å². The van der Waals surface area contributed by atoms with E-state index in [2.05, 4.69) is 31.9 Å². The van der Waals surface area contributed by atoms with Crippen LogP contribution in [-0.4, -0.2) is 17.9 Å². The van der Waals surface area contributed by atoms with Gasteiger partial charge < -0.3 is 16.0 Å². The second-order valence-electron chi connectivity index (χ2n) is 4.99. The average molecular weight is 360 g/mol. The summed E-state index contributed by atoms with van der Waals surface area (Å²) in [5.74, 6) is -0.423. The zero-order valence-electron chi connectivity index (χ0n) is 11.6. The van der Waals surface area contributed by atoms with Crippen LogP contribution in [0.2, 0.25) is 0 Å². The van der Waals surface area contributed by atoms with E-state index in [0.29, 0.717) is 5.69 Å². The molecule has 112 valence electrons. The Morgan fingerprint density at radius 3 is 2.68 bits per heavy atom. The third-order valence-corrected chi connectivity index (χ3v) is 3.82. The molecule has 22 heavy (non-hydrogen) atoms. The average Bonchev–Trinajstić information content (AvgIpc) is 2.48. The molecule has 0 bridgehead atoms. The standard InChI is InChI=1S/C16H14BrN3O2/c17-10-4-3-5-11(8-10)18-15(21)9-14-16(22)20-13-7-2-1-6-12(13)19-14/h1-8,14,19H,9H2,(H,18,21)(H,20,22)/t14-/m1/s1. The highest BCUT2D eigenvalue weighted by Gasteiger charge is 2.27. The Labute approximate surface area is 136 Å². The van der Waals surface area contributed by atoms with Crippen LogP contribution in [0.4, 0.5) is 17.1 Å². The molecular weight excluding hydrogens is 346 g/mol. The highest BCUT2D eigenvalue weighted by Crippen LogP contribution is 2.26. The maximum absolute atomic E-state index is 12.1. The molecule has 1 aliphatic rings. The van der Waals surface area contributed by atoms with E-state index in [4.69, 9.17) is 0 Å². The highest BCUT2D eigenvalue weighted by molar-refractivity contribution is 9.10. The Hall–Kier alpha value is -2.34. The van der Waals surface area contributed by atoms with Gasteiger partial charge >= 0.3 is 0 Å². The molecule has 0 aliphatic carbocycles. The van der Waals surface area contributed by atoms with Crippen molar-refractivity contribution in [1.29, 1.82) is 0 Å². The number of carbonyl (C=O) groups is 2. The molecule has 0 saturated heterocycles. The van der Waals surface area contributed by atoms with Crippen molar-refractivity contribution in [1.82, 2.24) is 0 Å². The van der Waals surface area contributed by atoms with E-state index >= 15 is 0 Å². The molecule has 1 aliphatic heterocycles. The van der Waals surface area contributed by atoms with Crippen LogP contribution in [0, 0.1) is 0 Å². The van der Waals surface area contributed by atoms with Gasteiger partial charge in [0.2, 0.25) is 11.8 Å². The van der Waals surface area contributed by atoms with Gasteiger partial charge in [-0.2, -0.15) is 0 Å². The fourth-order valence-corrected chi connectivity index (χ4v) is 2.70. The molecule has 1 heterocycles. The molecule has 0 spiro atoms. The Kier molecular flexibility index (Phi) is 4.11. The third-order valence-electron chi connectivity index (χ3n) is 3.33. The Balaban J connectivity index is 1.66. The van der Waals surface area contributed by atoms with Gasteiger partial charge in [-0.1, -0.05) is 34.1 Å². The normalized spacial score (nSPS) is 16.2. The van der Waals surface area contributed by atoms with E-state index < -0.39 is 6.04 Å². The van der Waals surface area contributed by atoms with Gasteiger partial charge in [-0.25, -0.2) is 0 Å². The fourth-order valence-electron chi connectivity index (χ4n) is 2.30.